The first-order valence-electron chi connectivity index (χ1n) is 8.13. The molecule has 1 saturated heterocycles. The Morgan fingerprint density at radius 2 is 1.14 bits per heavy atom. The van der Waals surface area contributed by atoms with Crippen LogP contribution >= 0.6 is 0 Å². The zero-order valence-corrected chi connectivity index (χ0v) is 12.9. The van der Waals surface area contributed by atoms with Gasteiger partial charge in [0.2, 0.25) is 0 Å². The van der Waals surface area contributed by atoms with E-state index >= 15 is 0 Å². The van der Waals surface area contributed by atoms with Gasteiger partial charge in [-0.05, 0) is 30.4 Å². The van der Waals surface area contributed by atoms with Crippen LogP contribution in [0, 0.1) is 0 Å². The Balaban J connectivity index is 1.57. The maximum atomic E-state index is 3.72. The lowest BCUT2D eigenvalue weighted by Crippen LogP contribution is -2.39. The first-order chi connectivity index (χ1) is 10.9. The molecule has 1 heterocycles. The molecule has 1 heteroatoms. The Hall–Kier alpha value is -2.12. The van der Waals surface area contributed by atoms with Crippen molar-refractivity contribution in [2.75, 3.05) is 0 Å². The maximum Gasteiger partial charge on any atom is 0.0258 e. The van der Waals surface area contributed by atoms with Gasteiger partial charge in [0.25, 0.3) is 0 Å². The van der Waals surface area contributed by atoms with Crippen LogP contribution in [0.1, 0.15) is 30.4 Å². The van der Waals surface area contributed by atoms with Gasteiger partial charge < -0.3 is 5.32 Å². The van der Waals surface area contributed by atoms with Crippen molar-refractivity contribution in [1.29, 1.82) is 0 Å². The zero-order chi connectivity index (χ0) is 15.0. The summed E-state index contributed by atoms with van der Waals surface area (Å²) >= 11 is 0. The highest BCUT2D eigenvalue weighted by atomic mass is 15.0. The highest BCUT2D eigenvalue weighted by molar-refractivity contribution is 5.51. The summed E-state index contributed by atoms with van der Waals surface area (Å²) < 4.78 is 0. The fourth-order valence-electron chi connectivity index (χ4n) is 2.89. The molecule has 0 aliphatic carbocycles. The van der Waals surface area contributed by atoms with Crippen molar-refractivity contribution in [3.8, 4) is 0 Å². The number of hydrogen-bond donors (Lipinski definition) is 1. The van der Waals surface area contributed by atoms with E-state index in [9.17, 15) is 0 Å². The Morgan fingerprint density at radius 3 is 1.59 bits per heavy atom. The third-order valence-electron chi connectivity index (χ3n) is 4.10. The summed E-state index contributed by atoms with van der Waals surface area (Å²) in [6.45, 7) is 0. The molecule has 2 aromatic carbocycles. The van der Waals surface area contributed by atoms with E-state index in [1.807, 2.05) is 0 Å². The minimum atomic E-state index is 0.472. The largest absolute Gasteiger partial charge is 0.304 e. The van der Waals surface area contributed by atoms with Crippen molar-refractivity contribution < 1.29 is 0 Å². The predicted octanol–water partition coefficient (Wildman–Crippen LogP) is 4.92. The summed E-state index contributed by atoms with van der Waals surface area (Å²) in [7, 11) is 0. The second-order valence-electron chi connectivity index (χ2n) is 5.85. The van der Waals surface area contributed by atoms with Crippen molar-refractivity contribution in [1.82, 2.24) is 5.32 Å². The highest BCUT2D eigenvalue weighted by Crippen LogP contribution is 2.16. The molecule has 0 spiro atoms. The van der Waals surface area contributed by atoms with Crippen molar-refractivity contribution in [3.05, 3.63) is 83.9 Å². The van der Waals surface area contributed by atoms with Crippen LogP contribution in [0.5, 0.6) is 0 Å². The van der Waals surface area contributed by atoms with Crippen molar-refractivity contribution in [2.24, 2.45) is 0 Å². The molecule has 1 N–H and O–H groups in total. The number of piperidine rings is 1. The molecule has 2 atom stereocenters. The Labute approximate surface area is 133 Å². The average Bonchev–Trinajstić information content (AvgIpc) is 2.60. The van der Waals surface area contributed by atoms with Gasteiger partial charge in [-0.25, -0.2) is 0 Å². The van der Waals surface area contributed by atoms with E-state index in [1.54, 1.807) is 0 Å². The molecule has 3 rings (SSSR count). The number of benzene rings is 2. The fraction of sp³-hybridized carbons (Fsp3) is 0.238. The van der Waals surface area contributed by atoms with Crippen LogP contribution in [0.15, 0.2) is 72.8 Å². The predicted molar refractivity (Wildman–Crippen MR) is 95.5 cm³/mol. The number of rotatable bonds is 4. The van der Waals surface area contributed by atoms with Crippen molar-refractivity contribution >= 4 is 12.2 Å². The monoisotopic (exact) mass is 289 g/mol. The summed E-state index contributed by atoms with van der Waals surface area (Å²) in [4.78, 5) is 0. The van der Waals surface area contributed by atoms with E-state index in [2.05, 4.69) is 90.3 Å². The maximum absolute atomic E-state index is 3.72. The molecule has 2 aromatic rings. The van der Waals surface area contributed by atoms with Crippen LogP contribution in [-0.4, -0.2) is 12.1 Å². The van der Waals surface area contributed by atoms with E-state index in [1.165, 1.54) is 30.4 Å². The van der Waals surface area contributed by atoms with Gasteiger partial charge in [-0.2, -0.15) is 0 Å². The summed E-state index contributed by atoms with van der Waals surface area (Å²) in [5.74, 6) is 0. The zero-order valence-electron chi connectivity index (χ0n) is 12.9. The first kappa shape index (κ1) is 14.8. The third kappa shape index (κ3) is 4.44. The Kier molecular flexibility index (Phi) is 5.22. The molecule has 112 valence electrons. The lowest BCUT2D eigenvalue weighted by Gasteiger charge is -2.27. The van der Waals surface area contributed by atoms with Crippen LogP contribution in [0.2, 0.25) is 0 Å². The third-order valence-corrected chi connectivity index (χ3v) is 4.10. The van der Waals surface area contributed by atoms with Crippen molar-refractivity contribution in [3.63, 3.8) is 0 Å². The Morgan fingerprint density at radius 1 is 0.682 bits per heavy atom. The lowest BCUT2D eigenvalue weighted by atomic mass is 9.97. The van der Waals surface area contributed by atoms with E-state index in [4.69, 9.17) is 0 Å². The molecule has 22 heavy (non-hydrogen) atoms. The minimum absolute atomic E-state index is 0.472. The molecule has 1 aliphatic heterocycles. The van der Waals surface area contributed by atoms with Gasteiger partial charge in [-0.1, -0.05) is 85.0 Å². The van der Waals surface area contributed by atoms with Crippen molar-refractivity contribution in [2.45, 2.75) is 31.3 Å². The van der Waals surface area contributed by atoms with Crippen LogP contribution in [0.25, 0.3) is 12.2 Å². The Bertz CT molecular complexity index is 557. The highest BCUT2D eigenvalue weighted by Gasteiger charge is 2.16. The summed E-state index contributed by atoms with van der Waals surface area (Å²) in [6, 6.07) is 22.0. The van der Waals surface area contributed by atoms with Gasteiger partial charge in [-0.3, -0.25) is 0 Å². The molecule has 0 saturated carbocycles. The van der Waals surface area contributed by atoms with E-state index in [0.29, 0.717) is 12.1 Å². The summed E-state index contributed by atoms with van der Waals surface area (Å²) in [5.41, 5.74) is 2.54. The molecule has 1 nitrogen and oxygen atoms in total. The molecule has 1 unspecified atom stereocenters. The second-order valence-corrected chi connectivity index (χ2v) is 5.85. The quantitative estimate of drug-likeness (QED) is 0.842. The van der Waals surface area contributed by atoms with Gasteiger partial charge in [-0.15, -0.1) is 0 Å². The SMILES string of the molecule is C(=C\C1CCC[C@H](/C=C/c2ccccc2)N1)/c1ccccc1. The minimum Gasteiger partial charge on any atom is -0.304 e. The van der Waals surface area contributed by atoms with E-state index in [0.717, 1.165) is 0 Å². The van der Waals surface area contributed by atoms with Crippen LogP contribution < -0.4 is 5.32 Å². The van der Waals surface area contributed by atoms with Gasteiger partial charge in [0.1, 0.15) is 0 Å². The first-order valence-corrected chi connectivity index (χ1v) is 8.13. The smallest absolute Gasteiger partial charge is 0.0258 e. The van der Waals surface area contributed by atoms with E-state index < -0.39 is 0 Å². The molecule has 1 fully saturated rings. The van der Waals surface area contributed by atoms with Crippen LogP contribution in [0.3, 0.4) is 0 Å². The van der Waals surface area contributed by atoms with Gasteiger partial charge in [0, 0.05) is 12.1 Å². The molecule has 1 aliphatic rings. The van der Waals surface area contributed by atoms with Crippen LogP contribution in [0.4, 0.5) is 0 Å². The normalized spacial score (nSPS) is 22.4. The van der Waals surface area contributed by atoms with Gasteiger partial charge >= 0.3 is 0 Å². The number of nitrogens with one attached hydrogen (secondary N) is 1. The van der Waals surface area contributed by atoms with E-state index in [-0.39, 0.29) is 0 Å². The fourth-order valence-corrected chi connectivity index (χ4v) is 2.89. The summed E-state index contributed by atoms with van der Waals surface area (Å²) in [6.07, 6.45) is 12.8. The number of hydrogen-bond acceptors (Lipinski definition) is 1. The summed E-state index contributed by atoms with van der Waals surface area (Å²) in [5, 5.41) is 3.72. The second kappa shape index (κ2) is 7.77. The lowest BCUT2D eigenvalue weighted by molar-refractivity contribution is 0.401. The average molecular weight is 289 g/mol. The van der Waals surface area contributed by atoms with Crippen LogP contribution in [-0.2, 0) is 0 Å². The molecular weight excluding hydrogens is 266 g/mol. The molecule has 0 radical (unpaired) electrons. The molecule has 0 aromatic heterocycles. The molecular formula is C21H23N. The standard InChI is InChI=1S/C21H23N/c1-3-8-18(9-4-1)14-16-20-12-7-13-21(22-20)17-15-19-10-5-2-6-11-19/h1-6,8-11,14-17,20-22H,7,12-13H2/b16-14+,17-15+/t20-,21?/m1/s1. The van der Waals surface area contributed by atoms with Gasteiger partial charge in [0.05, 0.1) is 0 Å². The topological polar surface area (TPSA) is 12.0 Å². The molecule has 0 amide bonds. The van der Waals surface area contributed by atoms with Gasteiger partial charge in [0.15, 0.2) is 0 Å². The molecule has 0 bridgehead atoms.